The highest BCUT2D eigenvalue weighted by Crippen LogP contribution is 2.43. The summed E-state index contributed by atoms with van der Waals surface area (Å²) < 4.78 is 15.8. The molecule has 0 heterocycles. The van der Waals surface area contributed by atoms with E-state index >= 15 is 0 Å². The van der Waals surface area contributed by atoms with Gasteiger partial charge in [-0.05, 0) is 13.8 Å². The summed E-state index contributed by atoms with van der Waals surface area (Å²) in [5.41, 5.74) is 1.36. The van der Waals surface area contributed by atoms with Gasteiger partial charge in [-0.3, -0.25) is 14.6 Å². The molecule has 0 spiro atoms. The van der Waals surface area contributed by atoms with Crippen LogP contribution in [0.3, 0.4) is 0 Å². The van der Waals surface area contributed by atoms with Crippen LogP contribution in [0, 0.1) is 0 Å². The molecule has 0 saturated carbocycles. The molecule has 0 aliphatic carbocycles. The largest absolute Gasteiger partial charge is 0.328 e. The van der Waals surface area contributed by atoms with Crippen LogP contribution < -0.4 is 5.48 Å². The van der Waals surface area contributed by atoms with Crippen LogP contribution in [0.5, 0.6) is 0 Å². The number of carbonyl (C=O) groups is 1. The van der Waals surface area contributed by atoms with E-state index in [0.29, 0.717) is 0 Å². The third-order valence-electron chi connectivity index (χ3n) is 1.12. The molecule has 0 fully saturated rings. The van der Waals surface area contributed by atoms with Crippen molar-refractivity contribution >= 4 is 13.5 Å². The molecule has 7 heteroatoms. The highest BCUT2D eigenvalue weighted by Gasteiger charge is 2.21. The summed E-state index contributed by atoms with van der Waals surface area (Å²) >= 11 is 0. The van der Waals surface area contributed by atoms with E-state index in [9.17, 15) is 9.36 Å². The highest BCUT2D eigenvalue weighted by atomic mass is 31.2. The van der Waals surface area contributed by atoms with E-state index in [-0.39, 0.29) is 18.7 Å². The molecular formula is C6H14NO5P. The van der Waals surface area contributed by atoms with E-state index in [1.807, 2.05) is 0 Å². The van der Waals surface area contributed by atoms with E-state index in [1.54, 1.807) is 13.8 Å². The van der Waals surface area contributed by atoms with Gasteiger partial charge in [0.05, 0.1) is 12.3 Å². The minimum atomic E-state index is -3.69. The highest BCUT2D eigenvalue weighted by molar-refractivity contribution is 7.52. The van der Waals surface area contributed by atoms with Crippen molar-refractivity contribution in [3.63, 3.8) is 0 Å². The Morgan fingerprint density at radius 1 is 1.62 bits per heavy atom. The zero-order valence-corrected chi connectivity index (χ0v) is 8.45. The Balaban J connectivity index is 3.89. The first-order valence-corrected chi connectivity index (χ1v) is 5.57. The van der Waals surface area contributed by atoms with Crippen LogP contribution in [-0.4, -0.2) is 28.3 Å². The number of nitrogens with one attached hydrogen (secondary N) is 1. The van der Waals surface area contributed by atoms with Crippen LogP contribution in [0.25, 0.3) is 0 Å². The Bertz CT molecular complexity index is 217. The second-order valence-electron chi connectivity index (χ2n) is 2.80. The summed E-state index contributed by atoms with van der Waals surface area (Å²) in [5, 5.41) is 8.10. The van der Waals surface area contributed by atoms with E-state index in [2.05, 4.69) is 4.52 Å². The molecule has 0 aliphatic rings. The second-order valence-corrected chi connectivity index (χ2v) is 4.73. The average molecular weight is 211 g/mol. The number of carbonyl (C=O) groups excluding carboxylic acids is 1. The molecule has 0 bridgehead atoms. The van der Waals surface area contributed by atoms with Crippen LogP contribution in [-0.2, 0) is 13.9 Å². The van der Waals surface area contributed by atoms with Gasteiger partial charge in [0.15, 0.2) is 0 Å². The molecule has 0 aliphatic heterocycles. The molecule has 1 atom stereocenters. The van der Waals surface area contributed by atoms with Gasteiger partial charge in [0, 0.05) is 6.42 Å². The minimum Gasteiger partial charge on any atom is -0.324 e. The van der Waals surface area contributed by atoms with Crippen LogP contribution in [0.2, 0.25) is 0 Å². The molecule has 13 heavy (non-hydrogen) atoms. The Morgan fingerprint density at radius 2 is 2.15 bits per heavy atom. The summed E-state index contributed by atoms with van der Waals surface area (Å²) in [4.78, 5) is 19.6. The summed E-state index contributed by atoms with van der Waals surface area (Å²) in [6.45, 7) is 3.24. The lowest BCUT2D eigenvalue weighted by Crippen LogP contribution is -2.19. The van der Waals surface area contributed by atoms with Crippen molar-refractivity contribution in [3.8, 4) is 0 Å². The van der Waals surface area contributed by atoms with Gasteiger partial charge in [0.1, 0.15) is 0 Å². The monoisotopic (exact) mass is 211 g/mol. The van der Waals surface area contributed by atoms with Crippen molar-refractivity contribution in [2.75, 3.05) is 6.16 Å². The van der Waals surface area contributed by atoms with Gasteiger partial charge < -0.3 is 9.42 Å². The Kier molecular flexibility index (Phi) is 5.17. The van der Waals surface area contributed by atoms with E-state index in [4.69, 9.17) is 10.1 Å². The maximum Gasteiger partial charge on any atom is 0.328 e. The number of hydroxylamine groups is 1. The topological polar surface area (TPSA) is 95.9 Å². The molecule has 0 rings (SSSR count). The summed E-state index contributed by atoms with van der Waals surface area (Å²) in [6, 6.07) is 0. The fourth-order valence-corrected chi connectivity index (χ4v) is 1.93. The van der Waals surface area contributed by atoms with Crippen LogP contribution >= 0.6 is 7.60 Å². The van der Waals surface area contributed by atoms with Gasteiger partial charge in [-0.25, -0.2) is 5.48 Å². The zero-order chi connectivity index (χ0) is 10.5. The van der Waals surface area contributed by atoms with Crippen LogP contribution in [0.15, 0.2) is 0 Å². The van der Waals surface area contributed by atoms with Gasteiger partial charge in [-0.2, -0.15) is 0 Å². The maximum absolute atomic E-state index is 11.1. The van der Waals surface area contributed by atoms with Gasteiger partial charge in [-0.15, -0.1) is 0 Å². The van der Waals surface area contributed by atoms with Crippen molar-refractivity contribution in [3.05, 3.63) is 0 Å². The molecule has 3 N–H and O–H groups in total. The van der Waals surface area contributed by atoms with Gasteiger partial charge >= 0.3 is 7.60 Å². The Labute approximate surface area is 76.4 Å². The standard InChI is InChI=1S/C6H14NO5P/c1-5(2)12-13(10,11)4-3-6(8)7-9/h5,9H,3-4H2,1-2H3,(H,7,8)(H,10,11). The quantitative estimate of drug-likeness (QED) is 0.349. The molecule has 78 valence electrons. The van der Waals surface area contributed by atoms with Crippen LogP contribution in [0.4, 0.5) is 0 Å². The van der Waals surface area contributed by atoms with E-state index < -0.39 is 13.5 Å². The first-order valence-electron chi connectivity index (χ1n) is 3.80. The fourth-order valence-electron chi connectivity index (χ4n) is 0.681. The van der Waals surface area contributed by atoms with Crippen molar-refractivity contribution in [2.45, 2.75) is 26.4 Å². The molecule has 1 unspecified atom stereocenters. The fraction of sp³-hybridized carbons (Fsp3) is 0.833. The number of amides is 1. The lowest BCUT2D eigenvalue weighted by atomic mass is 10.5. The Hall–Kier alpha value is -0.420. The molecule has 0 radical (unpaired) electrons. The van der Waals surface area contributed by atoms with Gasteiger partial charge in [-0.1, -0.05) is 0 Å². The van der Waals surface area contributed by atoms with E-state index in [1.165, 1.54) is 5.48 Å². The summed E-state index contributed by atoms with van der Waals surface area (Å²) in [7, 11) is -3.69. The molecule has 6 nitrogen and oxygen atoms in total. The smallest absolute Gasteiger partial charge is 0.324 e. The third kappa shape index (κ3) is 6.72. The lowest BCUT2D eigenvalue weighted by molar-refractivity contribution is -0.128. The molecule has 0 aromatic carbocycles. The second kappa shape index (κ2) is 5.34. The van der Waals surface area contributed by atoms with Crippen molar-refractivity contribution in [1.29, 1.82) is 0 Å². The average Bonchev–Trinajstić information content (AvgIpc) is 1.98. The SMILES string of the molecule is CC(C)OP(=O)(O)CCC(=O)NO. The minimum absolute atomic E-state index is 0.239. The normalized spacial score (nSPS) is 15.5. The summed E-state index contributed by atoms with van der Waals surface area (Å²) in [5.74, 6) is -0.707. The van der Waals surface area contributed by atoms with Crippen molar-refractivity contribution in [2.24, 2.45) is 0 Å². The number of hydrogen-bond donors (Lipinski definition) is 3. The first-order chi connectivity index (χ1) is 5.87. The van der Waals surface area contributed by atoms with Crippen molar-refractivity contribution < 1.29 is 24.0 Å². The predicted octanol–water partition coefficient (Wildman–Crippen LogP) is 0.492. The molecule has 0 aromatic rings. The molecular weight excluding hydrogens is 197 g/mol. The van der Waals surface area contributed by atoms with Crippen molar-refractivity contribution in [1.82, 2.24) is 5.48 Å². The first kappa shape index (κ1) is 12.6. The molecule has 1 amide bonds. The van der Waals surface area contributed by atoms with Crippen LogP contribution in [0.1, 0.15) is 20.3 Å². The van der Waals surface area contributed by atoms with E-state index in [0.717, 1.165) is 0 Å². The zero-order valence-electron chi connectivity index (χ0n) is 7.56. The number of hydrogen-bond acceptors (Lipinski definition) is 4. The third-order valence-corrected chi connectivity index (χ3v) is 2.66. The Morgan fingerprint density at radius 3 is 2.54 bits per heavy atom. The van der Waals surface area contributed by atoms with Gasteiger partial charge in [0.2, 0.25) is 5.91 Å². The lowest BCUT2D eigenvalue weighted by Gasteiger charge is -2.13. The predicted molar refractivity (Wildman–Crippen MR) is 45.5 cm³/mol. The van der Waals surface area contributed by atoms with Gasteiger partial charge in [0.25, 0.3) is 0 Å². The molecule has 0 saturated heterocycles. The number of rotatable bonds is 5. The molecule has 0 aromatic heterocycles. The summed E-state index contributed by atoms with van der Waals surface area (Å²) in [6.07, 6.45) is -0.901. The maximum atomic E-state index is 11.1.